The van der Waals surface area contributed by atoms with Crippen LogP contribution in [0.4, 0.5) is 0 Å². The van der Waals surface area contributed by atoms with Gasteiger partial charge in [0.25, 0.3) is 5.91 Å². The summed E-state index contributed by atoms with van der Waals surface area (Å²) in [6.45, 7) is 2.09. The lowest BCUT2D eigenvalue weighted by Crippen LogP contribution is -2.30. The van der Waals surface area contributed by atoms with Gasteiger partial charge in [0.2, 0.25) is 0 Å². The summed E-state index contributed by atoms with van der Waals surface area (Å²) in [5.41, 5.74) is 1.74. The van der Waals surface area contributed by atoms with E-state index in [1.807, 2.05) is 18.2 Å². The smallest absolute Gasteiger partial charge is 0.325 e. The lowest BCUT2D eigenvalue weighted by atomic mass is 10.0. The van der Waals surface area contributed by atoms with Crippen LogP contribution in [0, 0.1) is 0 Å². The highest BCUT2D eigenvalue weighted by atomic mass is 16.5. The van der Waals surface area contributed by atoms with Crippen LogP contribution in [0.15, 0.2) is 24.3 Å². The highest BCUT2D eigenvalue weighted by Gasteiger charge is 2.08. The molecule has 0 unspecified atom stereocenters. The van der Waals surface area contributed by atoms with Gasteiger partial charge in [0.05, 0.1) is 7.11 Å². The summed E-state index contributed by atoms with van der Waals surface area (Å²) in [7, 11) is 1.30. The van der Waals surface area contributed by atoms with Crippen LogP contribution >= 0.6 is 0 Å². The minimum atomic E-state index is -0.450. The fourth-order valence-corrected chi connectivity index (χ4v) is 1.95. The second kappa shape index (κ2) is 9.13. The summed E-state index contributed by atoms with van der Waals surface area (Å²) in [6, 6.07) is 7.55. The molecule has 4 heteroatoms. The quantitative estimate of drug-likeness (QED) is 0.587. The lowest BCUT2D eigenvalue weighted by Gasteiger charge is -2.06. The summed E-state index contributed by atoms with van der Waals surface area (Å²) < 4.78 is 4.48. The Hall–Kier alpha value is -1.84. The maximum Gasteiger partial charge on any atom is 0.325 e. The number of carbonyl (C=O) groups excluding carboxylic acids is 2. The molecule has 20 heavy (non-hydrogen) atoms. The fourth-order valence-electron chi connectivity index (χ4n) is 1.95. The Balaban J connectivity index is 2.49. The van der Waals surface area contributed by atoms with Crippen molar-refractivity contribution in [2.75, 3.05) is 13.7 Å². The second-order valence-electron chi connectivity index (χ2n) is 4.77. The van der Waals surface area contributed by atoms with Crippen LogP contribution in [-0.4, -0.2) is 25.5 Å². The number of aryl methyl sites for hydroxylation is 1. The molecule has 0 saturated carbocycles. The predicted octanol–water partition coefficient (Wildman–Crippen LogP) is 2.71. The van der Waals surface area contributed by atoms with Gasteiger partial charge < -0.3 is 10.1 Å². The average molecular weight is 277 g/mol. The van der Waals surface area contributed by atoms with Crippen molar-refractivity contribution < 1.29 is 14.3 Å². The Morgan fingerprint density at radius 1 is 1.20 bits per heavy atom. The normalized spacial score (nSPS) is 10.1. The van der Waals surface area contributed by atoms with Crippen LogP contribution in [0.25, 0.3) is 0 Å². The number of carbonyl (C=O) groups is 2. The Kier molecular flexibility index (Phi) is 7.40. The van der Waals surface area contributed by atoms with E-state index in [-0.39, 0.29) is 12.5 Å². The van der Waals surface area contributed by atoms with Crippen molar-refractivity contribution >= 4 is 11.9 Å². The number of hydrogen-bond acceptors (Lipinski definition) is 3. The maximum atomic E-state index is 11.9. The van der Waals surface area contributed by atoms with Crippen molar-refractivity contribution in [1.29, 1.82) is 0 Å². The van der Waals surface area contributed by atoms with Crippen LogP contribution in [0.1, 0.15) is 48.5 Å². The molecule has 0 heterocycles. The fraction of sp³-hybridized carbons (Fsp3) is 0.500. The monoisotopic (exact) mass is 277 g/mol. The predicted molar refractivity (Wildman–Crippen MR) is 78.6 cm³/mol. The van der Waals surface area contributed by atoms with Crippen LogP contribution in [-0.2, 0) is 16.0 Å². The zero-order valence-electron chi connectivity index (χ0n) is 12.3. The van der Waals surface area contributed by atoms with E-state index in [0.29, 0.717) is 5.56 Å². The van der Waals surface area contributed by atoms with Gasteiger partial charge in [-0.1, -0.05) is 38.3 Å². The minimum Gasteiger partial charge on any atom is -0.468 e. The number of nitrogens with one attached hydrogen (secondary N) is 1. The number of rotatable bonds is 8. The zero-order valence-corrected chi connectivity index (χ0v) is 12.3. The number of methoxy groups -OCH3 is 1. The van der Waals surface area contributed by atoms with Crippen molar-refractivity contribution in [3.8, 4) is 0 Å². The van der Waals surface area contributed by atoms with Gasteiger partial charge in [-0.05, 0) is 30.5 Å². The van der Waals surface area contributed by atoms with Gasteiger partial charge in [0, 0.05) is 5.56 Å². The Labute approximate surface area is 120 Å². The molecule has 0 aromatic heterocycles. The largest absolute Gasteiger partial charge is 0.468 e. The molecule has 0 bridgehead atoms. The summed E-state index contributed by atoms with van der Waals surface area (Å²) in [5, 5.41) is 2.54. The highest BCUT2D eigenvalue weighted by Crippen LogP contribution is 2.10. The SMILES string of the molecule is CCCCCCc1cccc(C(=O)NCC(=O)OC)c1. The molecule has 1 rings (SSSR count). The number of benzene rings is 1. The van der Waals surface area contributed by atoms with E-state index in [1.54, 1.807) is 6.07 Å². The molecule has 1 aromatic carbocycles. The topological polar surface area (TPSA) is 55.4 Å². The summed E-state index contributed by atoms with van der Waals surface area (Å²) in [4.78, 5) is 22.9. The van der Waals surface area contributed by atoms with E-state index in [0.717, 1.165) is 18.4 Å². The summed E-state index contributed by atoms with van der Waals surface area (Å²) in [5.74, 6) is -0.695. The van der Waals surface area contributed by atoms with Crippen molar-refractivity contribution in [2.24, 2.45) is 0 Å². The molecule has 0 atom stereocenters. The van der Waals surface area contributed by atoms with E-state index in [1.165, 1.54) is 26.4 Å². The zero-order chi connectivity index (χ0) is 14.8. The van der Waals surface area contributed by atoms with Gasteiger partial charge in [0.1, 0.15) is 6.54 Å². The molecule has 0 spiro atoms. The molecule has 4 nitrogen and oxygen atoms in total. The van der Waals surface area contributed by atoms with Gasteiger partial charge in [-0.2, -0.15) is 0 Å². The molecule has 1 N–H and O–H groups in total. The van der Waals surface area contributed by atoms with Gasteiger partial charge in [0.15, 0.2) is 0 Å². The lowest BCUT2D eigenvalue weighted by molar-refractivity contribution is -0.139. The maximum absolute atomic E-state index is 11.9. The molecule has 1 amide bonds. The molecule has 0 aliphatic rings. The number of unbranched alkanes of at least 4 members (excludes halogenated alkanes) is 3. The highest BCUT2D eigenvalue weighted by molar-refractivity contribution is 5.96. The first kappa shape index (κ1) is 16.2. The number of hydrogen-bond donors (Lipinski definition) is 1. The second-order valence-corrected chi connectivity index (χ2v) is 4.77. The van der Waals surface area contributed by atoms with E-state index in [9.17, 15) is 9.59 Å². The first-order valence-electron chi connectivity index (χ1n) is 7.11. The summed E-state index contributed by atoms with van der Waals surface area (Å²) >= 11 is 0. The molecule has 110 valence electrons. The van der Waals surface area contributed by atoms with Gasteiger partial charge in [-0.25, -0.2) is 0 Å². The van der Waals surface area contributed by atoms with Crippen LogP contribution in [0.3, 0.4) is 0 Å². The van der Waals surface area contributed by atoms with E-state index >= 15 is 0 Å². The number of esters is 1. The minimum absolute atomic E-state index is 0.101. The van der Waals surface area contributed by atoms with Crippen LogP contribution in [0.2, 0.25) is 0 Å². The van der Waals surface area contributed by atoms with E-state index in [4.69, 9.17) is 0 Å². The third-order valence-electron chi connectivity index (χ3n) is 3.13. The van der Waals surface area contributed by atoms with Gasteiger partial charge >= 0.3 is 5.97 Å². The Morgan fingerprint density at radius 3 is 2.70 bits per heavy atom. The molecule has 1 aromatic rings. The first-order valence-corrected chi connectivity index (χ1v) is 7.11. The van der Waals surface area contributed by atoms with Crippen molar-refractivity contribution in [3.63, 3.8) is 0 Å². The number of amides is 1. The molecular weight excluding hydrogens is 254 g/mol. The average Bonchev–Trinajstić information content (AvgIpc) is 2.49. The van der Waals surface area contributed by atoms with Crippen LogP contribution in [0.5, 0.6) is 0 Å². The van der Waals surface area contributed by atoms with E-state index in [2.05, 4.69) is 17.0 Å². The molecule has 0 aliphatic carbocycles. The first-order chi connectivity index (χ1) is 9.67. The molecule has 0 saturated heterocycles. The molecular formula is C16H23NO3. The standard InChI is InChI=1S/C16H23NO3/c1-3-4-5-6-8-13-9-7-10-14(11-13)16(19)17-12-15(18)20-2/h7,9-11H,3-6,8,12H2,1-2H3,(H,17,19). The third kappa shape index (κ3) is 5.87. The van der Waals surface area contributed by atoms with Crippen molar-refractivity contribution in [2.45, 2.75) is 39.0 Å². The van der Waals surface area contributed by atoms with E-state index < -0.39 is 5.97 Å². The number of ether oxygens (including phenoxy) is 1. The summed E-state index contributed by atoms with van der Waals surface area (Å²) in [6.07, 6.45) is 5.81. The molecule has 0 fully saturated rings. The van der Waals surface area contributed by atoms with Gasteiger partial charge in [-0.3, -0.25) is 9.59 Å². The molecule has 0 aliphatic heterocycles. The third-order valence-corrected chi connectivity index (χ3v) is 3.13. The Bertz CT molecular complexity index is 443. The van der Waals surface area contributed by atoms with Crippen molar-refractivity contribution in [1.82, 2.24) is 5.32 Å². The van der Waals surface area contributed by atoms with Crippen LogP contribution < -0.4 is 5.32 Å². The van der Waals surface area contributed by atoms with Crippen molar-refractivity contribution in [3.05, 3.63) is 35.4 Å². The Morgan fingerprint density at radius 2 is 2.00 bits per heavy atom. The van der Waals surface area contributed by atoms with Gasteiger partial charge in [-0.15, -0.1) is 0 Å². The molecule has 0 radical (unpaired) electrons.